The number of H-pyrrole nitrogens is 1. The number of halogens is 1. The summed E-state index contributed by atoms with van der Waals surface area (Å²) < 4.78 is 14.6. The molecule has 180 valence electrons. The first-order valence-corrected chi connectivity index (χ1v) is 11.1. The Bertz CT molecular complexity index is 1200. The second-order valence-corrected chi connectivity index (χ2v) is 8.81. The van der Waals surface area contributed by atoms with Crippen LogP contribution in [-0.2, 0) is 16.0 Å². The third kappa shape index (κ3) is 4.46. The molecule has 0 saturated carbocycles. The van der Waals surface area contributed by atoms with Crippen molar-refractivity contribution in [1.29, 1.82) is 0 Å². The summed E-state index contributed by atoms with van der Waals surface area (Å²) in [4.78, 5) is 44.6. The highest BCUT2D eigenvalue weighted by atomic mass is 19.1. The van der Waals surface area contributed by atoms with Crippen molar-refractivity contribution < 1.29 is 23.9 Å². The zero-order valence-electron chi connectivity index (χ0n) is 19.4. The van der Waals surface area contributed by atoms with E-state index in [-0.39, 0.29) is 17.2 Å². The summed E-state index contributed by atoms with van der Waals surface area (Å²) >= 11 is 0. The van der Waals surface area contributed by atoms with Crippen molar-refractivity contribution in [3.8, 4) is 0 Å². The second kappa shape index (κ2) is 9.40. The highest BCUT2D eigenvalue weighted by Crippen LogP contribution is 2.37. The van der Waals surface area contributed by atoms with Crippen LogP contribution >= 0.6 is 0 Å². The highest BCUT2D eigenvalue weighted by Gasteiger charge is 2.30. The predicted octanol–water partition coefficient (Wildman–Crippen LogP) is 1.84. The Kier molecular flexibility index (Phi) is 6.54. The lowest BCUT2D eigenvalue weighted by molar-refractivity contribution is -0.118. The van der Waals surface area contributed by atoms with Gasteiger partial charge in [0.1, 0.15) is 12.4 Å². The molecular weight excluding hydrogens is 441 g/mol. The molecule has 2 aliphatic rings. The SMILES string of the molecule is Cc1c(C=C2C(=O)Nc3cc(NC(=O)CO)c(F)cc32)[nH]c2c1C(=O)N(CCN(C)C)CCC2. The topological polar surface area (TPSA) is 118 Å². The molecule has 4 rings (SSSR count). The second-order valence-electron chi connectivity index (χ2n) is 8.81. The van der Waals surface area contributed by atoms with Crippen LogP contribution in [0.25, 0.3) is 11.6 Å². The molecular formula is C24H28FN5O4. The van der Waals surface area contributed by atoms with E-state index in [4.69, 9.17) is 5.11 Å². The number of hydrogen-bond acceptors (Lipinski definition) is 5. The normalized spacial score (nSPS) is 16.5. The van der Waals surface area contributed by atoms with Gasteiger partial charge in [-0.3, -0.25) is 14.4 Å². The molecule has 34 heavy (non-hydrogen) atoms. The first-order chi connectivity index (χ1) is 16.2. The Morgan fingerprint density at radius 3 is 2.79 bits per heavy atom. The summed E-state index contributed by atoms with van der Waals surface area (Å²) in [5.74, 6) is -1.93. The number of nitrogens with one attached hydrogen (secondary N) is 3. The smallest absolute Gasteiger partial charge is 0.256 e. The van der Waals surface area contributed by atoms with Crippen LogP contribution in [0.5, 0.6) is 0 Å². The minimum atomic E-state index is -0.782. The Hall–Kier alpha value is -3.50. The Labute approximate surface area is 196 Å². The molecule has 3 amide bonds. The molecule has 0 radical (unpaired) electrons. The van der Waals surface area contributed by atoms with Crippen molar-refractivity contribution >= 4 is 40.7 Å². The van der Waals surface area contributed by atoms with Crippen molar-refractivity contribution in [2.45, 2.75) is 19.8 Å². The highest BCUT2D eigenvalue weighted by molar-refractivity contribution is 6.35. The van der Waals surface area contributed by atoms with Gasteiger partial charge in [-0.15, -0.1) is 0 Å². The molecule has 0 atom stereocenters. The first-order valence-electron chi connectivity index (χ1n) is 11.1. The van der Waals surface area contributed by atoms with Crippen LogP contribution in [0.15, 0.2) is 12.1 Å². The number of anilines is 2. The van der Waals surface area contributed by atoms with Crippen molar-refractivity contribution in [1.82, 2.24) is 14.8 Å². The Morgan fingerprint density at radius 1 is 1.32 bits per heavy atom. The van der Waals surface area contributed by atoms with Gasteiger partial charge in [-0.1, -0.05) is 0 Å². The first kappa shape index (κ1) is 23.7. The molecule has 4 N–H and O–H groups in total. The van der Waals surface area contributed by atoms with E-state index in [2.05, 4.69) is 15.6 Å². The molecule has 0 spiro atoms. The summed E-state index contributed by atoms with van der Waals surface area (Å²) in [5, 5.41) is 13.8. The number of likely N-dealkylation sites (N-methyl/N-ethyl adjacent to an activating group) is 1. The summed E-state index contributed by atoms with van der Waals surface area (Å²) in [5.41, 5.74) is 3.68. The van der Waals surface area contributed by atoms with Crippen LogP contribution < -0.4 is 10.6 Å². The summed E-state index contributed by atoms with van der Waals surface area (Å²) in [6.07, 6.45) is 3.18. The summed E-state index contributed by atoms with van der Waals surface area (Å²) in [6.45, 7) is 3.16. The van der Waals surface area contributed by atoms with Crippen LogP contribution in [-0.4, -0.2) is 77.9 Å². The van der Waals surface area contributed by atoms with Gasteiger partial charge in [-0.25, -0.2) is 4.39 Å². The number of carbonyl (C=O) groups is 3. The maximum Gasteiger partial charge on any atom is 0.256 e. The maximum atomic E-state index is 14.6. The Balaban J connectivity index is 1.68. The number of aromatic amines is 1. The lowest BCUT2D eigenvalue weighted by Crippen LogP contribution is -2.36. The summed E-state index contributed by atoms with van der Waals surface area (Å²) in [7, 11) is 3.94. The van der Waals surface area contributed by atoms with E-state index in [1.165, 1.54) is 12.1 Å². The molecule has 10 heteroatoms. The van der Waals surface area contributed by atoms with E-state index >= 15 is 0 Å². The van der Waals surface area contributed by atoms with E-state index in [9.17, 15) is 18.8 Å². The number of aliphatic hydroxyl groups excluding tert-OH is 1. The van der Waals surface area contributed by atoms with E-state index < -0.39 is 24.2 Å². The lowest BCUT2D eigenvalue weighted by atomic mass is 10.0. The fourth-order valence-electron chi connectivity index (χ4n) is 4.33. The number of aryl methyl sites for hydroxylation is 1. The van der Waals surface area contributed by atoms with Crippen LogP contribution in [0.3, 0.4) is 0 Å². The standard InChI is InChI=1S/C24H28FN5O4/c1-13-18(26-17-5-4-6-30(8-7-29(2)3)24(34)22(13)17)10-15-14-9-16(25)20(27-21(32)12-31)11-19(14)28-23(15)33/h9-11,26,31H,4-8,12H2,1-3H3,(H,27,32)(H,28,33). The molecule has 0 fully saturated rings. The zero-order valence-corrected chi connectivity index (χ0v) is 19.4. The molecule has 0 unspecified atom stereocenters. The minimum absolute atomic E-state index is 0.0284. The fourth-order valence-corrected chi connectivity index (χ4v) is 4.33. The molecule has 0 aliphatic carbocycles. The quantitative estimate of drug-likeness (QED) is 0.482. The van der Waals surface area contributed by atoms with Gasteiger partial charge in [0.2, 0.25) is 5.91 Å². The Morgan fingerprint density at radius 2 is 2.09 bits per heavy atom. The number of carbonyl (C=O) groups excluding carboxylic acids is 3. The monoisotopic (exact) mass is 469 g/mol. The molecule has 3 heterocycles. The number of hydrogen-bond donors (Lipinski definition) is 4. The van der Waals surface area contributed by atoms with Crippen LogP contribution in [0.4, 0.5) is 15.8 Å². The number of aliphatic hydroxyl groups is 1. The number of fused-ring (bicyclic) bond motifs is 2. The number of nitrogens with zero attached hydrogens (tertiary/aromatic N) is 2. The van der Waals surface area contributed by atoms with E-state index in [0.29, 0.717) is 35.6 Å². The van der Waals surface area contributed by atoms with Gasteiger partial charge in [-0.05, 0) is 57.6 Å². The molecule has 2 aromatic rings. The maximum absolute atomic E-state index is 14.6. The third-order valence-electron chi connectivity index (χ3n) is 6.14. The zero-order chi connectivity index (χ0) is 24.6. The van der Waals surface area contributed by atoms with Crippen LogP contribution in [0.1, 0.15) is 39.3 Å². The van der Waals surface area contributed by atoms with Crippen LogP contribution in [0, 0.1) is 12.7 Å². The van der Waals surface area contributed by atoms with Gasteiger partial charge in [0.05, 0.1) is 22.5 Å². The number of aromatic nitrogens is 1. The van der Waals surface area contributed by atoms with Gasteiger partial charge in [0.15, 0.2) is 0 Å². The molecule has 2 aliphatic heterocycles. The number of rotatable bonds is 6. The van der Waals surface area contributed by atoms with Crippen molar-refractivity contribution in [2.24, 2.45) is 0 Å². The van der Waals surface area contributed by atoms with E-state index in [1.54, 1.807) is 6.08 Å². The average molecular weight is 470 g/mol. The molecule has 1 aromatic carbocycles. The van der Waals surface area contributed by atoms with Crippen molar-refractivity contribution in [3.63, 3.8) is 0 Å². The largest absolute Gasteiger partial charge is 0.387 e. The molecule has 9 nitrogen and oxygen atoms in total. The lowest BCUT2D eigenvalue weighted by Gasteiger charge is -2.23. The van der Waals surface area contributed by atoms with Crippen LogP contribution in [0.2, 0.25) is 0 Å². The van der Waals surface area contributed by atoms with Gasteiger partial charge < -0.3 is 30.5 Å². The number of amides is 3. The van der Waals surface area contributed by atoms with E-state index in [1.807, 2.05) is 30.8 Å². The van der Waals surface area contributed by atoms with Crippen molar-refractivity contribution in [2.75, 3.05) is 51.0 Å². The number of benzene rings is 1. The molecule has 0 saturated heterocycles. The van der Waals surface area contributed by atoms with E-state index in [0.717, 1.165) is 30.6 Å². The molecule has 1 aromatic heterocycles. The van der Waals surface area contributed by atoms with Gasteiger partial charge >= 0.3 is 0 Å². The van der Waals surface area contributed by atoms with Gasteiger partial charge in [0.25, 0.3) is 11.8 Å². The summed E-state index contributed by atoms with van der Waals surface area (Å²) in [6, 6.07) is 2.49. The minimum Gasteiger partial charge on any atom is -0.387 e. The fraction of sp³-hybridized carbons (Fsp3) is 0.375. The van der Waals surface area contributed by atoms with Gasteiger partial charge in [0, 0.05) is 36.6 Å². The predicted molar refractivity (Wildman–Crippen MR) is 127 cm³/mol. The van der Waals surface area contributed by atoms with Gasteiger partial charge in [-0.2, -0.15) is 0 Å². The molecule has 0 bridgehead atoms. The average Bonchev–Trinajstić information content (AvgIpc) is 3.19. The van der Waals surface area contributed by atoms with Crippen molar-refractivity contribution in [3.05, 3.63) is 46.0 Å². The third-order valence-corrected chi connectivity index (χ3v) is 6.14.